The monoisotopic (exact) mass is 247 g/mol. The summed E-state index contributed by atoms with van der Waals surface area (Å²) in [4.78, 5) is 34.8. The molecule has 0 aromatic carbocycles. The Kier molecular flexibility index (Phi) is 2.48. The molecule has 0 aliphatic carbocycles. The largest absolute Gasteiger partial charge is 0.328 e. The summed E-state index contributed by atoms with van der Waals surface area (Å²) in [5.74, 6) is 0.133. The smallest absolute Gasteiger partial charge is 0.277 e. The second-order valence-electron chi connectivity index (χ2n) is 4.45. The van der Waals surface area contributed by atoms with Crippen LogP contribution in [0.1, 0.15) is 18.2 Å². The number of rotatable bonds is 1. The van der Waals surface area contributed by atoms with Crippen LogP contribution in [0.5, 0.6) is 0 Å². The summed E-state index contributed by atoms with van der Waals surface area (Å²) < 4.78 is 1.62. The zero-order valence-electron chi connectivity index (χ0n) is 9.93. The number of hydrogen-bond donors (Lipinski definition) is 2. The molecule has 0 spiro atoms. The Morgan fingerprint density at radius 1 is 1.44 bits per heavy atom. The number of hydrogen-bond acceptors (Lipinski definition) is 5. The van der Waals surface area contributed by atoms with Crippen LogP contribution in [0.25, 0.3) is 11.2 Å². The van der Waals surface area contributed by atoms with Gasteiger partial charge in [0.1, 0.15) is 11.6 Å². The molecule has 1 saturated heterocycles. The van der Waals surface area contributed by atoms with Crippen molar-refractivity contribution in [3.8, 4) is 0 Å². The molecule has 7 nitrogen and oxygen atoms in total. The Morgan fingerprint density at radius 3 is 3.06 bits per heavy atom. The maximum Gasteiger partial charge on any atom is 0.277 e. The van der Waals surface area contributed by atoms with Crippen LogP contribution >= 0.6 is 0 Å². The molecule has 1 aliphatic heterocycles. The third-order valence-electron chi connectivity index (χ3n) is 3.22. The number of piperidine rings is 1. The summed E-state index contributed by atoms with van der Waals surface area (Å²) >= 11 is 0. The fourth-order valence-electron chi connectivity index (χ4n) is 2.24. The Labute approximate surface area is 102 Å². The topological polar surface area (TPSA) is 92.7 Å². The van der Waals surface area contributed by atoms with Crippen molar-refractivity contribution < 1.29 is 4.79 Å². The quantitative estimate of drug-likeness (QED) is 0.695. The van der Waals surface area contributed by atoms with Gasteiger partial charge in [-0.15, -0.1) is 0 Å². The zero-order chi connectivity index (χ0) is 12.7. The van der Waals surface area contributed by atoms with Gasteiger partial charge in [0.2, 0.25) is 0 Å². The van der Waals surface area contributed by atoms with Crippen LogP contribution in [0.15, 0.2) is 11.1 Å². The Balaban J connectivity index is 2.13. The average Bonchev–Trinajstić information content (AvgIpc) is 2.72. The van der Waals surface area contributed by atoms with Crippen molar-refractivity contribution in [2.45, 2.75) is 12.3 Å². The Hall–Kier alpha value is -2.02. The van der Waals surface area contributed by atoms with E-state index in [-0.39, 0.29) is 17.3 Å². The molecule has 1 aliphatic rings. The number of fused-ring (bicyclic) bond motifs is 1. The maximum atomic E-state index is 11.9. The lowest BCUT2D eigenvalue weighted by Gasteiger charge is -2.20. The number of imidazole rings is 1. The third-order valence-corrected chi connectivity index (χ3v) is 3.22. The molecule has 0 bridgehead atoms. The van der Waals surface area contributed by atoms with Crippen molar-refractivity contribution in [1.82, 2.24) is 24.8 Å². The maximum absolute atomic E-state index is 11.9. The standard InChI is InChI=1S/C11H13N5O2/c1-16-5-13-10-8(16)11(18)15-9(14-10)6-4-12-3-2-7(6)17/h5-6,12H,2-4H2,1H3,(H,14,15,18). The SMILES string of the molecule is Cn1cnc2nc(C3CNCCC3=O)[nH]c(=O)c21. The van der Waals surface area contributed by atoms with Crippen LogP contribution in [0.4, 0.5) is 0 Å². The van der Waals surface area contributed by atoms with E-state index < -0.39 is 0 Å². The van der Waals surface area contributed by atoms with Crippen molar-refractivity contribution in [3.63, 3.8) is 0 Å². The van der Waals surface area contributed by atoms with Crippen LogP contribution in [-0.4, -0.2) is 38.4 Å². The molecule has 2 aromatic heterocycles. The number of aryl methyl sites for hydroxylation is 1. The van der Waals surface area contributed by atoms with Crippen LogP contribution < -0.4 is 10.9 Å². The molecule has 2 N–H and O–H groups in total. The normalized spacial score (nSPS) is 20.5. The first-order valence-electron chi connectivity index (χ1n) is 5.81. The summed E-state index contributed by atoms with van der Waals surface area (Å²) in [5, 5.41) is 3.13. The fraction of sp³-hybridized carbons (Fsp3) is 0.455. The van der Waals surface area contributed by atoms with Gasteiger partial charge in [0, 0.05) is 26.6 Å². The lowest BCUT2D eigenvalue weighted by molar-refractivity contribution is -0.121. The summed E-state index contributed by atoms with van der Waals surface area (Å²) in [6, 6.07) is 0. The lowest BCUT2D eigenvalue weighted by atomic mass is 9.97. The van der Waals surface area contributed by atoms with Crippen LogP contribution in [-0.2, 0) is 11.8 Å². The number of nitrogens with zero attached hydrogens (tertiary/aromatic N) is 3. The van der Waals surface area contributed by atoms with Gasteiger partial charge in [-0.2, -0.15) is 0 Å². The van der Waals surface area contributed by atoms with E-state index in [1.807, 2.05) is 0 Å². The van der Waals surface area contributed by atoms with Crippen LogP contribution in [0.3, 0.4) is 0 Å². The van der Waals surface area contributed by atoms with Crippen molar-refractivity contribution >= 4 is 16.9 Å². The van der Waals surface area contributed by atoms with Crippen molar-refractivity contribution in [3.05, 3.63) is 22.5 Å². The highest BCUT2D eigenvalue weighted by Gasteiger charge is 2.26. The number of carbonyl (C=O) groups is 1. The zero-order valence-corrected chi connectivity index (χ0v) is 9.93. The van der Waals surface area contributed by atoms with E-state index in [1.54, 1.807) is 11.6 Å². The highest BCUT2D eigenvalue weighted by Crippen LogP contribution is 2.16. The van der Waals surface area contributed by atoms with E-state index in [9.17, 15) is 9.59 Å². The van der Waals surface area contributed by atoms with Crippen LogP contribution in [0.2, 0.25) is 0 Å². The van der Waals surface area contributed by atoms with Gasteiger partial charge < -0.3 is 14.9 Å². The predicted octanol–water partition coefficient (Wildman–Crippen LogP) is -0.697. The minimum absolute atomic E-state index is 0.104. The van der Waals surface area contributed by atoms with E-state index >= 15 is 0 Å². The molecule has 0 saturated carbocycles. The van der Waals surface area contributed by atoms with Gasteiger partial charge in [-0.05, 0) is 0 Å². The van der Waals surface area contributed by atoms with Gasteiger partial charge in [0.25, 0.3) is 5.56 Å². The van der Waals surface area contributed by atoms with Crippen LogP contribution in [0, 0.1) is 0 Å². The Bertz CT molecular complexity index is 672. The molecule has 1 unspecified atom stereocenters. The molecule has 3 rings (SSSR count). The summed E-state index contributed by atoms with van der Waals surface area (Å²) in [7, 11) is 1.74. The molecule has 3 heterocycles. The van der Waals surface area contributed by atoms with Gasteiger partial charge in [-0.1, -0.05) is 0 Å². The minimum atomic E-state index is -0.377. The second-order valence-corrected chi connectivity index (χ2v) is 4.45. The average molecular weight is 247 g/mol. The predicted molar refractivity (Wildman–Crippen MR) is 64.4 cm³/mol. The first kappa shape index (κ1) is 11.1. The number of ketones is 1. The molecule has 0 radical (unpaired) electrons. The van der Waals surface area contributed by atoms with Gasteiger partial charge >= 0.3 is 0 Å². The van der Waals surface area contributed by atoms with Crippen molar-refractivity contribution in [2.24, 2.45) is 7.05 Å². The van der Waals surface area contributed by atoms with E-state index in [4.69, 9.17) is 0 Å². The molecule has 7 heteroatoms. The summed E-state index contributed by atoms with van der Waals surface area (Å²) in [6.45, 7) is 1.20. The summed E-state index contributed by atoms with van der Waals surface area (Å²) in [6.07, 6.45) is 2.01. The molecule has 1 atom stereocenters. The number of carbonyl (C=O) groups excluding carboxylic acids is 1. The number of Topliss-reactive ketones (excluding diaryl/α,β-unsaturated/α-hetero) is 1. The third kappa shape index (κ3) is 1.63. The summed E-state index contributed by atoms with van der Waals surface area (Å²) in [5.41, 5.74) is 0.554. The molecule has 94 valence electrons. The van der Waals surface area contributed by atoms with Gasteiger partial charge in [-0.25, -0.2) is 9.97 Å². The van der Waals surface area contributed by atoms with Crippen molar-refractivity contribution in [1.29, 1.82) is 0 Å². The molecule has 2 aromatic rings. The molecule has 0 amide bonds. The highest BCUT2D eigenvalue weighted by molar-refractivity contribution is 5.86. The van der Waals surface area contributed by atoms with Gasteiger partial charge in [0.05, 0.1) is 12.2 Å². The number of nitrogens with one attached hydrogen (secondary N) is 2. The van der Waals surface area contributed by atoms with Crippen molar-refractivity contribution in [2.75, 3.05) is 13.1 Å². The highest BCUT2D eigenvalue weighted by atomic mass is 16.1. The Morgan fingerprint density at radius 2 is 2.28 bits per heavy atom. The fourth-order valence-corrected chi connectivity index (χ4v) is 2.24. The first-order valence-corrected chi connectivity index (χ1v) is 5.81. The van der Waals surface area contributed by atoms with E-state index in [0.717, 1.165) is 0 Å². The minimum Gasteiger partial charge on any atom is -0.328 e. The van der Waals surface area contributed by atoms with E-state index in [1.165, 1.54) is 6.33 Å². The molecule has 18 heavy (non-hydrogen) atoms. The lowest BCUT2D eigenvalue weighted by Crippen LogP contribution is -2.37. The molecular formula is C11H13N5O2. The molecular weight excluding hydrogens is 234 g/mol. The first-order chi connectivity index (χ1) is 8.66. The number of aromatic amines is 1. The van der Waals surface area contributed by atoms with E-state index in [2.05, 4.69) is 20.3 Å². The molecule has 1 fully saturated rings. The number of H-pyrrole nitrogens is 1. The van der Waals surface area contributed by atoms with Gasteiger partial charge in [0.15, 0.2) is 11.2 Å². The second kappa shape index (κ2) is 4.02. The number of aromatic nitrogens is 4. The van der Waals surface area contributed by atoms with E-state index in [0.29, 0.717) is 36.5 Å². The van der Waals surface area contributed by atoms with Gasteiger partial charge in [-0.3, -0.25) is 9.59 Å².